The van der Waals surface area contributed by atoms with Gasteiger partial charge in [-0.3, -0.25) is 4.79 Å². The van der Waals surface area contributed by atoms with Gasteiger partial charge in [-0.05, 0) is 37.0 Å². The monoisotopic (exact) mass is 260 g/mol. The van der Waals surface area contributed by atoms with Crippen molar-refractivity contribution in [3.05, 3.63) is 35.6 Å². The highest BCUT2D eigenvalue weighted by Crippen LogP contribution is 2.48. The zero-order valence-corrected chi connectivity index (χ0v) is 11.1. The van der Waals surface area contributed by atoms with Crippen LogP contribution in [0.2, 0.25) is 0 Å². The fraction of sp³-hybridized carbons (Fsp3) is 0.467. The second kappa shape index (κ2) is 5.40. The second-order valence-corrected chi connectivity index (χ2v) is 5.16. The van der Waals surface area contributed by atoms with Gasteiger partial charge < -0.3 is 4.90 Å². The Kier molecular flexibility index (Phi) is 3.84. The quantitative estimate of drug-likeness (QED) is 0.835. The summed E-state index contributed by atoms with van der Waals surface area (Å²) in [5.74, 6) is -0.147. The smallest absolute Gasteiger partial charge is 0.226 e. The van der Waals surface area contributed by atoms with Crippen LogP contribution in [0.25, 0.3) is 0 Å². The van der Waals surface area contributed by atoms with Gasteiger partial charge in [0.2, 0.25) is 5.91 Å². The molecule has 1 aliphatic carbocycles. The van der Waals surface area contributed by atoms with Crippen molar-refractivity contribution < 1.29 is 9.18 Å². The third-order valence-electron chi connectivity index (χ3n) is 3.78. The van der Waals surface area contributed by atoms with Crippen molar-refractivity contribution in [3.63, 3.8) is 0 Å². The number of carbonyl (C=O) groups is 1. The van der Waals surface area contributed by atoms with E-state index in [-0.39, 0.29) is 29.6 Å². The molecule has 1 aliphatic rings. The van der Waals surface area contributed by atoms with Crippen molar-refractivity contribution in [2.45, 2.75) is 31.7 Å². The van der Waals surface area contributed by atoms with E-state index in [0.29, 0.717) is 6.42 Å². The Morgan fingerprint density at radius 1 is 1.63 bits per heavy atom. The maximum Gasteiger partial charge on any atom is 0.226 e. The minimum absolute atomic E-state index is 0.0528. The second-order valence-electron chi connectivity index (χ2n) is 5.16. The van der Waals surface area contributed by atoms with Crippen LogP contribution in [0, 0.1) is 23.1 Å². The van der Waals surface area contributed by atoms with Crippen LogP contribution in [0.3, 0.4) is 0 Å². The first kappa shape index (κ1) is 13.5. The van der Waals surface area contributed by atoms with Crippen molar-refractivity contribution >= 4 is 5.91 Å². The number of benzene rings is 1. The topological polar surface area (TPSA) is 44.1 Å². The predicted octanol–water partition coefficient (Wildman–Crippen LogP) is 2.69. The highest BCUT2D eigenvalue weighted by atomic mass is 19.1. The fourth-order valence-electron chi connectivity index (χ4n) is 2.32. The number of carbonyl (C=O) groups excluding carboxylic acids is 1. The van der Waals surface area contributed by atoms with Gasteiger partial charge in [-0.1, -0.05) is 12.1 Å². The Bertz CT molecular complexity index is 523. The minimum atomic E-state index is -0.262. The molecule has 1 amide bonds. The van der Waals surface area contributed by atoms with Crippen LogP contribution in [-0.4, -0.2) is 23.9 Å². The van der Waals surface area contributed by atoms with Crippen LogP contribution in [-0.2, 0) is 4.79 Å². The Hall–Kier alpha value is -1.89. The summed E-state index contributed by atoms with van der Waals surface area (Å²) in [5.41, 5.74) is 0.889. The Balaban J connectivity index is 1.99. The van der Waals surface area contributed by atoms with Crippen molar-refractivity contribution in [3.8, 4) is 6.07 Å². The number of amides is 1. The molecule has 0 aliphatic heterocycles. The van der Waals surface area contributed by atoms with Gasteiger partial charge in [0.1, 0.15) is 5.82 Å². The molecule has 1 aromatic carbocycles. The standard InChI is InChI=1S/C15H17FN2O/c1-10(6-7-17)18(2)15(19)14-9-13(14)11-4-3-5-12(16)8-11/h3-5,8,10,13-14H,6,9H2,1-2H3. The van der Waals surface area contributed by atoms with Crippen LogP contribution in [0.1, 0.15) is 31.2 Å². The molecule has 100 valence electrons. The summed E-state index contributed by atoms with van der Waals surface area (Å²) in [6.45, 7) is 1.86. The van der Waals surface area contributed by atoms with Crippen LogP contribution < -0.4 is 0 Å². The van der Waals surface area contributed by atoms with Gasteiger partial charge in [-0.15, -0.1) is 0 Å². The summed E-state index contributed by atoms with van der Waals surface area (Å²) in [5, 5.41) is 8.65. The Morgan fingerprint density at radius 2 is 2.37 bits per heavy atom. The molecule has 1 fully saturated rings. The van der Waals surface area contributed by atoms with Gasteiger partial charge >= 0.3 is 0 Å². The summed E-state index contributed by atoms with van der Waals surface area (Å²) in [6.07, 6.45) is 1.10. The number of halogens is 1. The number of hydrogen-bond donors (Lipinski definition) is 0. The molecule has 4 heteroatoms. The van der Waals surface area contributed by atoms with Gasteiger partial charge in [-0.25, -0.2) is 4.39 Å². The number of hydrogen-bond acceptors (Lipinski definition) is 2. The van der Waals surface area contributed by atoms with Gasteiger partial charge in [0.25, 0.3) is 0 Å². The Labute approximate surface area is 112 Å². The minimum Gasteiger partial charge on any atom is -0.342 e. The Morgan fingerprint density at radius 3 is 3.00 bits per heavy atom. The molecule has 1 aromatic rings. The van der Waals surface area contributed by atoms with Crippen LogP contribution in [0.4, 0.5) is 4.39 Å². The van der Waals surface area contributed by atoms with E-state index in [1.165, 1.54) is 12.1 Å². The van der Waals surface area contributed by atoms with E-state index >= 15 is 0 Å². The summed E-state index contributed by atoms with van der Waals surface area (Å²) in [4.78, 5) is 13.8. The molecule has 3 unspecified atom stereocenters. The molecule has 0 aromatic heterocycles. The van der Waals surface area contributed by atoms with Crippen LogP contribution in [0.5, 0.6) is 0 Å². The summed E-state index contributed by atoms with van der Waals surface area (Å²) >= 11 is 0. The fourth-order valence-corrected chi connectivity index (χ4v) is 2.32. The third-order valence-corrected chi connectivity index (χ3v) is 3.78. The van der Waals surface area contributed by atoms with Gasteiger partial charge in [0, 0.05) is 19.0 Å². The van der Waals surface area contributed by atoms with Crippen LogP contribution in [0.15, 0.2) is 24.3 Å². The normalized spacial score (nSPS) is 22.4. The lowest BCUT2D eigenvalue weighted by Crippen LogP contribution is -2.36. The van der Waals surface area contributed by atoms with E-state index < -0.39 is 0 Å². The molecule has 0 radical (unpaired) electrons. The zero-order chi connectivity index (χ0) is 14.0. The average molecular weight is 260 g/mol. The highest BCUT2D eigenvalue weighted by molar-refractivity contribution is 5.83. The molecule has 0 bridgehead atoms. The molecule has 2 rings (SSSR count). The van der Waals surface area contributed by atoms with E-state index in [2.05, 4.69) is 6.07 Å². The lowest BCUT2D eigenvalue weighted by molar-refractivity contribution is -0.133. The molecular formula is C15H17FN2O. The van der Waals surface area contributed by atoms with E-state index in [4.69, 9.17) is 5.26 Å². The average Bonchev–Trinajstić information content (AvgIpc) is 3.17. The van der Waals surface area contributed by atoms with Gasteiger partial charge in [0.05, 0.1) is 12.5 Å². The summed E-state index contributed by atoms with van der Waals surface area (Å²) in [6, 6.07) is 8.43. The molecular weight excluding hydrogens is 243 g/mol. The molecule has 3 atom stereocenters. The van der Waals surface area contributed by atoms with Crippen molar-refractivity contribution in [2.75, 3.05) is 7.05 Å². The predicted molar refractivity (Wildman–Crippen MR) is 69.7 cm³/mol. The van der Waals surface area contributed by atoms with Crippen molar-refractivity contribution in [1.82, 2.24) is 4.90 Å². The molecule has 0 N–H and O–H groups in total. The number of nitrogens with zero attached hydrogens (tertiary/aromatic N) is 2. The SMILES string of the molecule is CC(CC#N)N(C)C(=O)C1CC1c1cccc(F)c1. The molecule has 0 spiro atoms. The van der Waals surface area contributed by atoms with E-state index in [0.717, 1.165) is 12.0 Å². The lowest BCUT2D eigenvalue weighted by atomic mass is 10.1. The maximum absolute atomic E-state index is 13.1. The molecule has 19 heavy (non-hydrogen) atoms. The third kappa shape index (κ3) is 2.93. The van der Waals surface area contributed by atoms with E-state index in [1.54, 1.807) is 18.0 Å². The first-order valence-corrected chi connectivity index (χ1v) is 6.43. The van der Waals surface area contributed by atoms with Gasteiger partial charge in [-0.2, -0.15) is 5.26 Å². The first-order valence-electron chi connectivity index (χ1n) is 6.43. The molecule has 3 nitrogen and oxygen atoms in total. The molecule has 0 heterocycles. The zero-order valence-electron chi connectivity index (χ0n) is 11.1. The first-order chi connectivity index (χ1) is 9.04. The van der Waals surface area contributed by atoms with Crippen LogP contribution >= 0.6 is 0 Å². The van der Waals surface area contributed by atoms with Gasteiger partial charge in [0.15, 0.2) is 0 Å². The number of nitriles is 1. The van der Waals surface area contributed by atoms with E-state index in [1.807, 2.05) is 13.0 Å². The number of rotatable bonds is 4. The lowest BCUT2D eigenvalue weighted by Gasteiger charge is -2.23. The maximum atomic E-state index is 13.1. The highest BCUT2D eigenvalue weighted by Gasteiger charge is 2.45. The largest absolute Gasteiger partial charge is 0.342 e. The van der Waals surface area contributed by atoms with Crippen molar-refractivity contribution in [2.24, 2.45) is 5.92 Å². The molecule has 1 saturated carbocycles. The summed E-state index contributed by atoms with van der Waals surface area (Å²) < 4.78 is 13.1. The summed E-state index contributed by atoms with van der Waals surface area (Å²) in [7, 11) is 1.73. The molecule has 0 saturated heterocycles. The van der Waals surface area contributed by atoms with E-state index in [9.17, 15) is 9.18 Å². The van der Waals surface area contributed by atoms with Crippen molar-refractivity contribution in [1.29, 1.82) is 5.26 Å².